The Morgan fingerprint density at radius 2 is 1.56 bits per heavy atom. The van der Waals surface area contributed by atoms with E-state index in [2.05, 4.69) is 0 Å². The van der Waals surface area contributed by atoms with Crippen LogP contribution in [0.15, 0.2) is 60.7 Å². The van der Waals surface area contributed by atoms with Gasteiger partial charge in [-0.05, 0) is 23.8 Å². The Hall–Kier alpha value is -2.35. The van der Waals surface area contributed by atoms with Crippen molar-refractivity contribution in [2.75, 3.05) is 6.61 Å². The molecule has 0 aliphatic heterocycles. The molecule has 0 radical (unpaired) electrons. The summed E-state index contributed by atoms with van der Waals surface area (Å²) in [5.41, 5.74) is 1.74. The monoisotopic (exact) mass is 238 g/mol. The minimum atomic E-state index is 0.527. The fourth-order valence-electron chi connectivity index (χ4n) is 1.53. The van der Waals surface area contributed by atoms with Gasteiger partial charge in [-0.25, -0.2) is 0 Å². The Bertz CT molecular complexity index is 513. The number of aldehydes is 1. The van der Waals surface area contributed by atoms with Gasteiger partial charge >= 0.3 is 0 Å². The second-order valence-corrected chi connectivity index (χ2v) is 3.81. The molecule has 0 saturated carbocycles. The van der Waals surface area contributed by atoms with Crippen LogP contribution < -0.4 is 4.74 Å². The van der Waals surface area contributed by atoms with Crippen molar-refractivity contribution in [3.63, 3.8) is 0 Å². The van der Waals surface area contributed by atoms with Crippen molar-refractivity contribution in [3.8, 4) is 5.75 Å². The summed E-state index contributed by atoms with van der Waals surface area (Å²) in [4.78, 5) is 10.5. The molecular weight excluding hydrogens is 224 g/mol. The second-order valence-electron chi connectivity index (χ2n) is 3.81. The predicted molar refractivity (Wildman–Crippen MR) is 72.8 cm³/mol. The molecule has 0 N–H and O–H groups in total. The molecule has 0 saturated heterocycles. The minimum Gasteiger partial charge on any atom is -0.490 e. The zero-order valence-corrected chi connectivity index (χ0v) is 9.95. The van der Waals surface area contributed by atoms with E-state index >= 15 is 0 Å². The summed E-state index contributed by atoms with van der Waals surface area (Å²) in [5.74, 6) is 0.860. The third kappa shape index (κ3) is 3.59. The first-order valence-corrected chi connectivity index (χ1v) is 5.78. The molecule has 0 unspecified atom stereocenters. The van der Waals surface area contributed by atoms with Gasteiger partial charge in [0.25, 0.3) is 0 Å². The Morgan fingerprint density at radius 3 is 2.22 bits per heavy atom. The van der Waals surface area contributed by atoms with E-state index in [1.165, 1.54) is 0 Å². The van der Waals surface area contributed by atoms with Gasteiger partial charge in [0.05, 0.1) is 0 Å². The van der Waals surface area contributed by atoms with Crippen molar-refractivity contribution >= 4 is 12.4 Å². The number of carbonyl (C=O) groups is 1. The van der Waals surface area contributed by atoms with E-state index in [1.54, 1.807) is 12.1 Å². The number of hydrogen-bond donors (Lipinski definition) is 0. The van der Waals surface area contributed by atoms with Crippen LogP contribution in [0.3, 0.4) is 0 Å². The highest BCUT2D eigenvalue weighted by molar-refractivity contribution is 5.75. The molecule has 0 aliphatic carbocycles. The summed E-state index contributed by atoms with van der Waals surface area (Å²) in [7, 11) is 0. The molecule has 0 atom stereocenters. The van der Waals surface area contributed by atoms with E-state index in [0.29, 0.717) is 12.2 Å². The van der Waals surface area contributed by atoms with Crippen LogP contribution in [-0.2, 0) is 0 Å². The molecule has 2 aromatic rings. The molecule has 0 aromatic heterocycles. The third-order valence-electron chi connectivity index (χ3n) is 2.47. The number of rotatable bonds is 5. The Balaban J connectivity index is 1.85. The van der Waals surface area contributed by atoms with Gasteiger partial charge in [-0.15, -0.1) is 0 Å². The van der Waals surface area contributed by atoms with Crippen LogP contribution >= 0.6 is 0 Å². The van der Waals surface area contributed by atoms with Crippen LogP contribution in [0.25, 0.3) is 6.08 Å². The molecule has 90 valence electrons. The third-order valence-corrected chi connectivity index (χ3v) is 2.47. The minimum absolute atomic E-state index is 0.527. The largest absolute Gasteiger partial charge is 0.490 e. The van der Waals surface area contributed by atoms with Gasteiger partial charge in [0.1, 0.15) is 18.6 Å². The van der Waals surface area contributed by atoms with Crippen molar-refractivity contribution in [1.82, 2.24) is 0 Å². The number of para-hydroxylation sites is 1. The predicted octanol–water partition coefficient (Wildman–Crippen LogP) is 3.59. The van der Waals surface area contributed by atoms with E-state index in [9.17, 15) is 4.79 Å². The normalized spacial score (nSPS) is 10.4. The van der Waals surface area contributed by atoms with E-state index in [0.717, 1.165) is 17.6 Å². The van der Waals surface area contributed by atoms with Crippen molar-refractivity contribution in [2.45, 2.75) is 0 Å². The average molecular weight is 238 g/mol. The van der Waals surface area contributed by atoms with Gasteiger partial charge in [-0.1, -0.05) is 48.5 Å². The molecule has 0 heterocycles. The lowest BCUT2D eigenvalue weighted by molar-refractivity contribution is 0.112. The molecular formula is C16H14O2. The molecule has 2 heteroatoms. The van der Waals surface area contributed by atoms with E-state index in [1.807, 2.05) is 54.6 Å². The van der Waals surface area contributed by atoms with E-state index < -0.39 is 0 Å². The Kier molecular flexibility index (Phi) is 4.31. The highest BCUT2D eigenvalue weighted by Crippen LogP contribution is 2.09. The van der Waals surface area contributed by atoms with Crippen LogP contribution in [0.2, 0.25) is 0 Å². The smallest absolute Gasteiger partial charge is 0.150 e. The first-order chi connectivity index (χ1) is 8.88. The quantitative estimate of drug-likeness (QED) is 0.744. The standard InChI is InChI=1S/C16H14O2/c17-13-15-10-8-14(9-11-15)5-4-12-18-16-6-2-1-3-7-16/h1-11,13H,12H2. The van der Waals surface area contributed by atoms with Crippen LogP contribution in [0.1, 0.15) is 15.9 Å². The van der Waals surface area contributed by atoms with Crippen molar-refractivity contribution in [1.29, 1.82) is 0 Å². The SMILES string of the molecule is O=Cc1ccc(C=CCOc2ccccc2)cc1. The fraction of sp³-hybridized carbons (Fsp3) is 0.0625. The Labute approximate surface area is 107 Å². The van der Waals surface area contributed by atoms with Crippen molar-refractivity contribution < 1.29 is 9.53 Å². The van der Waals surface area contributed by atoms with Gasteiger partial charge in [0, 0.05) is 5.56 Å². The van der Waals surface area contributed by atoms with Gasteiger partial charge in [0.15, 0.2) is 0 Å². The Morgan fingerprint density at radius 1 is 0.889 bits per heavy atom. The molecule has 0 fully saturated rings. The van der Waals surface area contributed by atoms with Gasteiger partial charge < -0.3 is 4.74 Å². The highest BCUT2D eigenvalue weighted by Gasteiger charge is 1.90. The fourth-order valence-corrected chi connectivity index (χ4v) is 1.53. The topological polar surface area (TPSA) is 26.3 Å². The maximum absolute atomic E-state index is 10.5. The lowest BCUT2D eigenvalue weighted by Gasteiger charge is -2.01. The first kappa shape index (κ1) is 12.1. The number of hydrogen-bond acceptors (Lipinski definition) is 2. The molecule has 0 amide bonds. The molecule has 0 aliphatic rings. The molecule has 2 nitrogen and oxygen atoms in total. The van der Waals surface area contributed by atoms with Gasteiger partial charge in [0.2, 0.25) is 0 Å². The summed E-state index contributed by atoms with van der Waals surface area (Å²) in [5, 5.41) is 0. The van der Waals surface area contributed by atoms with Crippen LogP contribution in [-0.4, -0.2) is 12.9 Å². The highest BCUT2D eigenvalue weighted by atomic mass is 16.5. The molecule has 0 spiro atoms. The summed E-state index contributed by atoms with van der Waals surface area (Å²) in [6.07, 6.45) is 4.76. The summed E-state index contributed by atoms with van der Waals surface area (Å²) < 4.78 is 5.53. The number of ether oxygens (including phenoxy) is 1. The maximum atomic E-state index is 10.5. The molecule has 2 aromatic carbocycles. The number of benzene rings is 2. The lowest BCUT2D eigenvalue weighted by atomic mass is 10.1. The van der Waals surface area contributed by atoms with Gasteiger partial charge in [-0.2, -0.15) is 0 Å². The molecule has 2 rings (SSSR count). The second kappa shape index (κ2) is 6.40. The molecule has 0 bridgehead atoms. The van der Waals surface area contributed by atoms with Crippen LogP contribution in [0.4, 0.5) is 0 Å². The van der Waals surface area contributed by atoms with Crippen molar-refractivity contribution in [3.05, 3.63) is 71.8 Å². The molecule has 18 heavy (non-hydrogen) atoms. The zero-order chi connectivity index (χ0) is 12.6. The van der Waals surface area contributed by atoms with Crippen LogP contribution in [0.5, 0.6) is 5.75 Å². The summed E-state index contributed by atoms with van der Waals surface area (Å²) >= 11 is 0. The first-order valence-electron chi connectivity index (χ1n) is 5.78. The van der Waals surface area contributed by atoms with Crippen molar-refractivity contribution in [2.24, 2.45) is 0 Å². The summed E-state index contributed by atoms with van der Waals surface area (Å²) in [6, 6.07) is 17.1. The summed E-state index contributed by atoms with van der Waals surface area (Å²) in [6.45, 7) is 0.527. The van der Waals surface area contributed by atoms with E-state index in [4.69, 9.17) is 4.74 Å². The van der Waals surface area contributed by atoms with Gasteiger partial charge in [-0.3, -0.25) is 4.79 Å². The number of carbonyl (C=O) groups excluding carboxylic acids is 1. The lowest BCUT2D eigenvalue weighted by Crippen LogP contribution is -1.92. The zero-order valence-electron chi connectivity index (χ0n) is 9.95. The van der Waals surface area contributed by atoms with E-state index in [-0.39, 0.29) is 0 Å². The maximum Gasteiger partial charge on any atom is 0.150 e. The van der Waals surface area contributed by atoms with Crippen LogP contribution in [0, 0.1) is 0 Å². The average Bonchev–Trinajstić information content (AvgIpc) is 2.45.